The molecule has 11 heteroatoms. The van der Waals surface area contributed by atoms with E-state index in [2.05, 4.69) is 19.8 Å². The molecule has 8 nitrogen and oxygen atoms in total. The van der Waals surface area contributed by atoms with Gasteiger partial charge in [0.25, 0.3) is 5.56 Å². The Bertz CT molecular complexity index is 1500. The number of nitrogens with zero attached hydrogens (tertiary/aromatic N) is 5. The average Bonchev–Trinajstić information content (AvgIpc) is 2.82. The summed E-state index contributed by atoms with van der Waals surface area (Å²) >= 11 is 0. The fourth-order valence-electron chi connectivity index (χ4n) is 4.38. The van der Waals surface area contributed by atoms with Crippen molar-refractivity contribution in [1.29, 1.82) is 0 Å². The highest BCUT2D eigenvalue weighted by molar-refractivity contribution is 5.71. The number of hydrogen-bond acceptors (Lipinski definition) is 7. The molecule has 1 aromatic carbocycles. The maximum absolute atomic E-state index is 12.9. The van der Waals surface area contributed by atoms with E-state index >= 15 is 0 Å². The van der Waals surface area contributed by atoms with Crippen LogP contribution < -0.4 is 15.2 Å². The van der Waals surface area contributed by atoms with E-state index in [9.17, 15) is 18.0 Å². The standard InChI is InChI=1S/C25H22F3N5O3/c1-15-9-22-30-18(14-35-2)11-23(34)33(22)31-24(15)32-8-7-20-17(13-32)10-16(12-29-20)19-5-3-4-6-21(19)36-25(26,27)28/h3-6,9-12H,7-8,13-14H2,1-2H3. The van der Waals surface area contributed by atoms with Crippen LogP contribution in [0.25, 0.3) is 16.8 Å². The third-order valence-electron chi connectivity index (χ3n) is 5.92. The third-order valence-corrected chi connectivity index (χ3v) is 5.92. The van der Waals surface area contributed by atoms with Crippen LogP contribution in [0.1, 0.15) is 22.5 Å². The monoisotopic (exact) mass is 497 g/mol. The van der Waals surface area contributed by atoms with Crippen LogP contribution in [0, 0.1) is 6.92 Å². The predicted octanol–water partition coefficient (Wildman–Crippen LogP) is 4.07. The summed E-state index contributed by atoms with van der Waals surface area (Å²) in [6.45, 7) is 3.17. The Labute approximate surface area is 203 Å². The summed E-state index contributed by atoms with van der Waals surface area (Å²) in [6.07, 6.45) is -2.62. The fourth-order valence-corrected chi connectivity index (χ4v) is 4.38. The molecular weight excluding hydrogens is 475 g/mol. The molecule has 0 bridgehead atoms. The van der Waals surface area contributed by atoms with E-state index in [1.54, 1.807) is 24.4 Å². The number of aromatic nitrogens is 4. The lowest BCUT2D eigenvalue weighted by Crippen LogP contribution is -2.33. The first-order valence-corrected chi connectivity index (χ1v) is 11.2. The van der Waals surface area contributed by atoms with Crippen LogP contribution in [-0.4, -0.2) is 39.6 Å². The quantitative estimate of drug-likeness (QED) is 0.411. The second kappa shape index (κ2) is 9.23. The van der Waals surface area contributed by atoms with Gasteiger partial charge in [0.05, 0.1) is 12.3 Å². The van der Waals surface area contributed by atoms with Crippen LogP contribution >= 0.6 is 0 Å². The zero-order valence-electron chi connectivity index (χ0n) is 19.5. The Hall–Kier alpha value is -3.99. The van der Waals surface area contributed by atoms with E-state index in [0.29, 0.717) is 47.8 Å². The van der Waals surface area contributed by atoms with Crippen LogP contribution in [0.5, 0.6) is 5.75 Å². The lowest BCUT2D eigenvalue weighted by atomic mass is 9.99. The molecule has 186 valence electrons. The highest BCUT2D eigenvalue weighted by Gasteiger charge is 2.32. The van der Waals surface area contributed by atoms with Gasteiger partial charge in [0.2, 0.25) is 0 Å². The molecule has 0 amide bonds. The van der Waals surface area contributed by atoms with Gasteiger partial charge in [-0.2, -0.15) is 4.52 Å². The van der Waals surface area contributed by atoms with E-state index in [4.69, 9.17) is 4.74 Å². The molecule has 4 aromatic rings. The molecule has 0 radical (unpaired) electrons. The Balaban J connectivity index is 1.49. The zero-order chi connectivity index (χ0) is 25.4. The Morgan fingerprint density at radius 3 is 2.72 bits per heavy atom. The Morgan fingerprint density at radius 2 is 1.94 bits per heavy atom. The smallest absolute Gasteiger partial charge is 0.405 e. The maximum Gasteiger partial charge on any atom is 0.573 e. The lowest BCUT2D eigenvalue weighted by molar-refractivity contribution is -0.274. The highest BCUT2D eigenvalue weighted by Crippen LogP contribution is 2.35. The molecule has 0 spiro atoms. The molecule has 0 unspecified atom stereocenters. The summed E-state index contributed by atoms with van der Waals surface area (Å²) in [5.74, 6) is 0.342. The normalized spacial score (nSPS) is 13.6. The number of rotatable bonds is 5. The molecule has 5 rings (SSSR count). The molecule has 0 saturated heterocycles. The van der Waals surface area contributed by atoms with Crippen molar-refractivity contribution in [1.82, 2.24) is 19.6 Å². The molecule has 1 aliphatic heterocycles. The molecule has 3 aromatic heterocycles. The number of pyridine rings is 1. The first-order chi connectivity index (χ1) is 17.2. The fraction of sp³-hybridized carbons (Fsp3) is 0.280. The third kappa shape index (κ3) is 4.74. The van der Waals surface area contributed by atoms with Gasteiger partial charge in [-0.25, -0.2) is 4.98 Å². The number of anilines is 1. The summed E-state index contributed by atoms with van der Waals surface area (Å²) in [6, 6.07) is 11.0. The molecule has 0 saturated carbocycles. The van der Waals surface area contributed by atoms with Crippen molar-refractivity contribution in [2.45, 2.75) is 32.9 Å². The molecule has 36 heavy (non-hydrogen) atoms. The molecule has 1 aliphatic rings. The number of aryl methyl sites for hydroxylation is 1. The van der Waals surface area contributed by atoms with Crippen molar-refractivity contribution in [2.24, 2.45) is 0 Å². The van der Waals surface area contributed by atoms with Crippen LogP contribution in [-0.2, 0) is 24.3 Å². The molecule has 0 N–H and O–H groups in total. The van der Waals surface area contributed by atoms with Gasteiger partial charge in [-0.1, -0.05) is 18.2 Å². The van der Waals surface area contributed by atoms with Gasteiger partial charge in [-0.3, -0.25) is 9.78 Å². The number of ether oxygens (including phenoxy) is 2. The minimum Gasteiger partial charge on any atom is -0.405 e. The van der Waals surface area contributed by atoms with Crippen molar-refractivity contribution in [3.8, 4) is 16.9 Å². The van der Waals surface area contributed by atoms with Crippen LogP contribution in [0.3, 0.4) is 0 Å². The van der Waals surface area contributed by atoms with Gasteiger partial charge in [0.1, 0.15) is 5.75 Å². The zero-order valence-corrected chi connectivity index (χ0v) is 19.5. The van der Waals surface area contributed by atoms with Crippen LogP contribution in [0.15, 0.2) is 53.5 Å². The number of benzene rings is 1. The van der Waals surface area contributed by atoms with Gasteiger partial charge < -0.3 is 14.4 Å². The van der Waals surface area contributed by atoms with Crippen molar-refractivity contribution in [2.75, 3.05) is 18.6 Å². The largest absolute Gasteiger partial charge is 0.573 e. The molecule has 0 fully saturated rings. The minimum absolute atomic E-state index is 0.224. The van der Waals surface area contributed by atoms with E-state index in [-0.39, 0.29) is 17.9 Å². The second-order valence-corrected chi connectivity index (χ2v) is 8.49. The van der Waals surface area contributed by atoms with Crippen LogP contribution in [0.2, 0.25) is 0 Å². The first-order valence-electron chi connectivity index (χ1n) is 11.2. The first kappa shape index (κ1) is 23.7. The van der Waals surface area contributed by atoms with Gasteiger partial charge >= 0.3 is 6.36 Å². The number of methoxy groups -OCH3 is 1. The number of para-hydroxylation sites is 1. The van der Waals surface area contributed by atoms with Crippen molar-refractivity contribution >= 4 is 11.5 Å². The number of halogens is 3. The SMILES string of the molecule is COCc1cc(=O)n2nc(N3CCc4ncc(-c5ccccc5OC(F)(F)F)cc4C3)c(C)cc2n1. The highest BCUT2D eigenvalue weighted by atomic mass is 19.4. The summed E-state index contributed by atoms with van der Waals surface area (Å²) in [5, 5.41) is 4.57. The summed E-state index contributed by atoms with van der Waals surface area (Å²) in [5.41, 5.74) is 4.03. The number of alkyl halides is 3. The molecule has 4 heterocycles. The van der Waals surface area contributed by atoms with E-state index in [1.807, 2.05) is 17.9 Å². The number of hydrogen-bond donors (Lipinski definition) is 0. The number of fused-ring (bicyclic) bond motifs is 2. The van der Waals surface area contributed by atoms with Gasteiger partial charge in [0, 0.05) is 55.7 Å². The average molecular weight is 497 g/mol. The Morgan fingerprint density at radius 1 is 1.14 bits per heavy atom. The minimum atomic E-state index is -4.80. The van der Waals surface area contributed by atoms with Gasteiger partial charge in [-0.05, 0) is 36.2 Å². The van der Waals surface area contributed by atoms with E-state index in [0.717, 1.165) is 16.8 Å². The summed E-state index contributed by atoms with van der Waals surface area (Å²) < 4.78 is 49.3. The maximum atomic E-state index is 12.9. The Kier molecular flexibility index (Phi) is 6.09. The van der Waals surface area contributed by atoms with Gasteiger partial charge in [0.15, 0.2) is 11.5 Å². The van der Waals surface area contributed by atoms with E-state index in [1.165, 1.54) is 29.8 Å². The van der Waals surface area contributed by atoms with Crippen molar-refractivity contribution in [3.05, 3.63) is 81.5 Å². The van der Waals surface area contributed by atoms with Crippen molar-refractivity contribution < 1.29 is 22.6 Å². The summed E-state index contributed by atoms with van der Waals surface area (Å²) in [7, 11) is 1.53. The topological polar surface area (TPSA) is 81.9 Å². The predicted molar refractivity (Wildman–Crippen MR) is 126 cm³/mol. The van der Waals surface area contributed by atoms with Gasteiger partial charge in [-0.15, -0.1) is 18.3 Å². The molecular formula is C25H22F3N5O3. The second-order valence-electron chi connectivity index (χ2n) is 8.49. The van der Waals surface area contributed by atoms with Crippen LogP contribution in [0.4, 0.5) is 19.0 Å². The molecule has 0 aliphatic carbocycles. The molecule has 0 atom stereocenters. The lowest BCUT2D eigenvalue weighted by Gasteiger charge is -2.30. The summed E-state index contributed by atoms with van der Waals surface area (Å²) in [4.78, 5) is 23.6. The van der Waals surface area contributed by atoms with Crippen molar-refractivity contribution in [3.63, 3.8) is 0 Å². The van der Waals surface area contributed by atoms with E-state index < -0.39 is 6.36 Å².